The third-order valence-electron chi connectivity index (χ3n) is 3.32. The molecule has 2 nitrogen and oxygen atoms in total. The summed E-state index contributed by atoms with van der Waals surface area (Å²) in [6, 6.07) is 8.83. The van der Waals surface area contributed by atoms with Crippen LogP contribution in [-0.4, -0.2) is 19.4 Å². The molecule has 2 rings (SSSR count). The molecule has 2 heteroatoms. The zero-order chi connectivity index (χ0) is 13.4. The molecule has 0 bridgehead atoms. The van der Waals surface area contributed by atoms with Crippen LogP contribution in [0.4, 0.5) is 0 Å². The maximum Gasteiger partial charge on any atom is 0.124 e. The monoisotopic (exact) mass is 247 g/mol. The smallest absolute Gasteiger partial charge is 0.124 e. The minimum Gasteiger partial charge on any atom is -0.316 e. The van der Waals surface area contributed by atoms with Crippen LogP contribution in [0.15, 0.2) is 24.3 Å². The number of hydrogen-bond acceptors (Lipinski definition) is 2. The van der Waals surface area contributed by atoms with Gasteiger partial charge in [0, 0.05) is 12.5 Å². The number of aryl methyl sites for hydroxylation is 1. The van der Waals surface area contributed by atoms with Crippen molar-refractivity contribution in [2.75, 3.05) is 13.1 Å². The van der Waals surface area contributed by atoms with E-state index in [1.54, 1.807) is 0 Å². The first-order valence-electron chi connectivity index (χ1n) is 6.92. The SMILES string of the molecule is CCc1cccc(C(C)C)c1.O=C[C@@H]1CCNC1. The number of aldehydes is 1. The molecular weight excluding hydrogens is 222 g/mol. The number of nitrogens with one attached hydrogen (secondary N) is 1. The molecule has 1 aromatic carbocycles. The van der Waals surface area contributed by atoms with Crippen molar-refractivity contribution in [1.29, 1.82) is 0 Å². The Morgan fingerprint density at radius 3 is 2.67 bits per heavy atom. The van der Waals surface area contributed by atoms with Crippen molar-refractivity contribution in [2.45, 2.75) is 39.5 Å². The van der Waals surface area contributed by atoms with Gasteiger partial charge in [0.05, 0.1) is 0 Å². The van der Waals surface area contributed by atoms with E-state index in [0.717, 1.165) is 32.2 Å². The molecule has 0 spiro atoms. The molecule has 0 saturated carbocycles. The summed E-state index contributed by atoms with van der Waals surface area (Å²) in [6.45, 7) is 8.57. The second-order valence-electron chi connectivity index (χ2n) is 5.14. The average molecular weight is 247 g/mol. The standard InChI is InChI=1S/C11H16.C5H9NO/c1-4-10-6-5-7-11(8-10)9(2)3;7-4-5-1-2-6-3-5/h5-9H,4H2,1-3H3;4-6H,1-3H2/t;5-/m.1/s1. The topological polar surface area (TPSA) is 29.1 Å². The minimum absolute atomic E-state index is 0.306. The Hall–Kier alpha value is -1.15. The molecule has 1 heterocycles. The molecule has 1 aliphatic heterocycles. The van der Waals surface area contributed by atoms with Gasteiger partial charge in [0.15, 0.2) is 0 Å². The molecule has 0 unspecified atom stereocenters. The fraction of sp³-hybridized carbons (Fsp3) is 0.562. The van der Waals surface area contributed by atoms with Gasteiger partial charge in [-0.15, -0.1) is 0 Å². The normalized spacial score (nSPS) is 18.3. The molecular formula is C16H25NO. The number of carbonyl (C=O) groups is 1. The Morgan fingerprint density at radius 2 is 2.22 bits per heavy atom. The molecule has 1 atom stereocenters. The summed E-state index contributed by atoms with van der Waals surface area (Å²) in [5.41, 5.74) is 2.89. The highest BCUT2D eigenvalue weighted by Gasteiger charge is 2.11. The van der Waals surface area contributed by atoms with Gasteiger partial charge in [-0.2, -0.15) is 0 Å². The molecule has 100 valence electrons. The summed E-state index contributed by atoms with van der Waals surface area (Å²) in [5.74, 6) is 0.960. The summed E-state index contributed by atoms with van der Waals surface area (Å²) >= 11 is 0. The zero-order valence-electron chi connectivity index (χ0n) is 11.8. The molecule has 1 N–H and O–H groups in total. The molecule has 1 aliphatic rings. The van der Waals surface area contributed by atoms with Gasteiger partial charge in [0.1, 0.15) is 6.29 Å². The molecule has 0 aliphatic carbocycles. The molecule has 18 heavy (non-hydrogen) atoms. The van der Waals surface area contributed by atoms with Crippen LogP contribution in [0.3, 0.4) is 0 Å². The van der Waals surface area contributed by atoms with Crippen molar-refractivity contribution in [1.82, 2.24) is 5.32 Å². The minimum atomic E-state index is 0.306. The number of rotatable bonds is 3. The van der Waals surface area contributed by atoms with E-state index in [2.05, 4.69) is 50.4 Å². The quantitative estimate of drug-likeness (QED) is 0.831. The van der Waals surface area contributed by atoms with Crippen molar-refractivity contribution < 1.29 is 4.79 Å². The lowest BCUT2D eigenvalue weighted by Gasteiger charge is -2.05. The molecule has 1 saturated heterocycles. The van der Waals surface area contributed by atoms with Crippen molar-refractivity contribution in [2.24, 2.45) is 5.92 Å². The predicted molar refractivity (Wildman–Crippen MR) is 76.9 cm³/mol. The van der Waals surface area contributed by atoms with Crippen LogP contribution in [0.1, 0.15) is 44.2 Å². The second-order valence-corrected chi connectivity index (χ2v) is 5.14. The van der Waals surface area contributed by atoms with Gasteiger partial charge in [0.25, 0.3) is 0 Å². The van der Waals surface area contributed by atoms with E-state index in [9.17, 15) is 4.79 Å². The lowest BCUT2D eigenvalue weighted by Crippen LogP contribution is -2.09. The molecule has 0 radical (unpaired) electrons. The van der Waals surface area contributed by atoms with Gasteiger partial charge in [0.2, 0.25) is 0 Å². The van der Waals surface area contributed by atoms with Gasteiger partial charge < -0.3 is 10.1 Å². The average Bonchev–Trinajstić information content (AvgIpc) is 2.92. The van der Waals surface area contributed by atoms with E-state index in [-0.39, 0.29) is 0 Å². The van der Waals surface area contributed by atoms with Crippen LogP contribution in [0, 0.1) is 5.92 Å². The van der Waals surface area contributed by atoms with Crippen LogP contribution in [-0.2, 0) is 11.2 Å². The van der Waals surface area contributed by atoms with Gasteiger partial charge in [-0.3, -0.25) is 0 Å². The summed E-state index contributed by atoms with van der Waals surface area (Å²) in [5, 5.41) is 3.09. The van der Waals surface area contributed by atoms with Crippen LogP contribution in [0.2, 0.25) is 0 Å². The molecule has 1 aromatic rings. The number of benzene rings is 1. The highest BCUT2D eigenvalue weighted by atomic mass is 16.1. The van der Waals surface area contributed by atoms with Crippen molar-refractivity contribution >= 4 is 6.29 Å². The highest BCUT2D eigenvalue weighted by molar-refractivity contribution is 5.54. The third kappa shape index (κ3) is 5.01. The predicted octanol–water partition coefficient (Wildman–Crippen LogP) is 3.17. The van der Waals surface area contributed by atoms with E-state index < -0.39 is 0 Å². The van der Waals surface area contributed by atoms with Gasteiger partial charge in [-0.25, -0.2) is 0 Å². The first-order chi connectivity index (χ1) is 8.67. The molecule has 0 aromatic heterocycles. The Labute approximate surface area is 111 Å². The fourth-order valence-corrected chi connectivity index (χ4v) is 1.97. The van der Waals surface area contributed by atoms with Crippen LogP contribution >= 0.6 is 0 Å². The Bertz CT molecular complexity index is 354. The summed E-state index contributed by atoms with van der Waals surface area (Å²) < 4.78 is 0. The Kier molecular flexibility index (Phi) is 6.66. The van der Waals surface area contributed by atoms with Crippen molar-refractivity contribution in [3.05, 3.63) is 35.4 Å². The van der Waals surface area contributed by atoms with Crippen LogP contribution < -0.4 is 5.32 Å². The fourth-order valence-electron chi connectivity index (χ4n) is 1.97. The van der Waals surface area contributed by atoms with E-state index in [1.807, 2.05) is 0 Å². The number of carbonyl (C=O) groups excluding carboxylic acids is 1. The third-order valence-corrected chi connectivity index (χ3v) is 3.32. The molecule has 1 fully saturated rings. The van der Waals surface area contributed by atoms with Crippen LogP contribution in [0.25, 0.3) is 0 Å². The maximum absolute atomic E-state index is 9.97. The summed E-state index contributed by atoms with van der Waals surface area (Å²) in [7, 11) is 0. The molecule has 0 amide bonds. The highest BCUT2D eigenvalue weighted by Crippen LogP contribution is 2.15. The van der Waals surface area contributed by atoms with Gasteiger partial charge in [-0.05, 0) is 36.4 Å². The summed E-state index contributed by atoms with van der Waals surface area (Å²) in [4.78, 5) is 9.97. The Balaban J connectivity index is 0.000000199. The van der Waals surface area contributed by atoms with E-state index in [4.69, 9.17) is 0 Å². The number of hydrogen-bond donors (Lipinski definition) is 1. The zero-order valence-corrected chi connectivity index (χ0v) is 11.8. The lowest BCUT2D eigenvalue weighted by atomic mass is 10.0. The van der Waals surface area contributed by atoms with Gasteiger partial charge in [-0.1, -0.05) is 45.0 Å². The van der Waals surface area contributed by atoms with Crippen molar-refractivity contribution in [3.8, 4) is 0 Å². The lowest BCUT2D eigenvalue weighted by molar-refractivity contribution is -0.110. The first-order valence-corrected chi connectivity index (χ1v) is 6.92. The van der Waals surface area contributed by atoms with E-state index >= 15 is 0 Å². The Morgan fingerprint density at radius 1 is 1.44 bits per heavy atom. The largest absolute Gasteiger partial charge is 0.316 e. The van der Waals surface area contributed by atoms with E-state index in [0.29, 0.717) is 11.8 Å². The van der Waals surface area contributed by atoms with Crippen LogP contribution in [0.5, 0.6) is 0 Å². The van der Waals surface area contributed by atoms with Gasteiger partial charge >= 0.3 is 0 Å². The maximum atomic E-state index is 9.97. The second kappa shape index (κ2) is 8.04. The van der Waals surface area contributed by atoms with Crippen molar-refractivity contribution in [3.63, 3.8) is 0 Å². The first kappa shape index (κ1) is 14.9. The summed E-state index contributed by atoms with van der Waals surface area (Å²) in [6.07, 6.45) is 3.20. The van der Waals surface area contributed by atoms with E-state index in [1.165, 1.54) is 11.1 Å².